The van der Waals surface area contributed by atoms with E-state index in [9.17, 15) is 4.79 Å². The van der Waals surface area contributed by atoms with Crippen LogP contribution in [0.4, 0.5) is 0 Å². The molecule has 0 saturated carbocycles. The standard InChI is InChI=1S/C12H17NO/c1-3-5-10-8-13-11(9(10)2)6-4-7-12(13)14/h3,11H,1,4-8H2,2H3. The van der Waals surface area contributed by atoms with Gasteiger partial charge in [0.2, 0.25) is 5.91 Å². The fraction of sp³-hybridized carbons (Fsp3) is 0.583. The number of carbonyl (C=O) groups is 1. The van der Waals surface area contributed by atoms with Crippen LogP contribution in [0.15, 0.2) is 23.8 Å². The third kappa shape index (κ3) is 1.39. The van der Waals surface area contributed by atoms with E-state index in [1.165, 1.54) is 11.1 Å². The summed E-state index contributed by atoms with van der Waals surface area (Å²) < 4.78 is 0. The van der Waals surface area contributed by atoms with Crippen LogP contribution in [-0.4, -0.2) is 23.4 Å². The average Bonchev–Trinajstić information content (AvgIpc) is 2.48. The van der Waals surface area contributed by atoms with Crippen LogP contribution in [0.1, 0.15) is 32.6 Å². The molecule has 1 fully saturated rings. The van der Waals surface area contributed by atoms with Crippen LogP contribution in [0.25, 0.3) is 0 Å². The van der Waals surface area contributed by atoms with E-state index in [0.717, 1.165) is 32.2 Å². The molecule has 0 aliphatic carbocycles. The third-order valence-corrected chi connectivity index (χ3v) is 3.37. The highest BCUT2D eigenvalue weighted by Crippen LogP contribution is 2.33. The molecule has 0 aromatic carbocycles. The van der Waals surface area contributed by atoms with Crippen molar-refractivity contribution in [3.8, 4) is 0 Å². The van der Waals surface area contributed by atoms with Gasteiger partial charge in [-0.15, -0.1) is 6.58 Å². The monoisotopic (exact) mass is 191 g/mol. The molecule has 0 spiro atoms. The fourth-order valence-corrected chi connectivity index (χ4v) is 2.53. The molecule has 1 atom stereocenters. The zero-order valence-corrected chi connectivity index (χ0v) is 8.75. The van der Waals surface area contributed by atoms with Gasteiger partial charge in [-0.3, -0.25) is 4.79 Å². The van der Waals surface area contributed by atoms with Gasteiger partial charge in [0.05, 0.1) is 6.04 Å². The van der Waals surface area contributed by atoms with Crippen LogP contribution in [0.2, 0.25) is 0 Å². The summed E-state index contributed by atoms with van der Waals surface area (Å²) >= 11 is 0. The number of amides is 1. The highest BCUT2D eigenvalue weighted by Gasteiger charge is 2.35. The predicted molar refractivity (Wildman–Crippen MR) is 56.9 cm³/mol. The van der Waals surface area contributed by atoms with E-state index in [2.05, 4.69) is 13.5 Å². The minimum Gasteiger partial charge on any atom is -0.332 e. The van der Waals surface area contributed by atoms with E-state index in [0.29, 0.717) is 11.9 Å². The number of fused-ring (bicyclic) bond motifs is 1. The van der Waals surface area contributed by atoms with Gasteiger partial charge < -0.3 is 4.90 Å². The Morgan fingerprint density at radius 2 is 2.43 bits per heavy atom. The predicted octanol–water partition coefficient (Wildman–Crippen LogP) is 2.27. The second-order valence-corrected chi connectivity index (χ2v) is 4.21. The van der Waals surface area contributed by atoms with Gasteiger partial charge in [-0.05, 0) is 37.3 Å². The van der Waals surface area contributed by atoms with Gasteiger partial charge in [0.1, 0.15) is 0 Å². The molecule has 1 saturated heterocycles. The number of carbonyl (C=O) groups excluding carboxylic acids is 1. The number of piperidine rings is 1. The quantitative estimate of drug-likeness (QED) is 0.613. The third-order valence-electron chi connectivity index (χ3n) is 3.37. The molecule has 76 valence electrons. The van der Waals surface area contributed by atoms with Crippen molar-refractivity contribution in [3.63, 3.8) is 0 Å². The lowest BCUT2D eigenvalue weighted by atomic mass is 9.97. The summed E-state index contributed by atoms with van der Waals surface area (Å²) in [5.41, 5.74) is 2.82. The zero-order valence-electron chi connectivity index (χ0n) is 8.75. The minimum absolute atomic E-state index is 0.333. The Kier molecular flexibility index (Phi) is 2.44. The number of hydrogen-bond acceptors (Lipinski definition) is 1. The van der Waals surface area contributed by atoms with E-state index in [1.54, 1.807) is 0 Å². The molecule has 0 bridgehead atoms. The smallest absolute Gasteiger partial charge is 0.223 e. The van der Waals surface area contributed by atoms with Crippen molar-refractivity contribution in [1.82, 2.24) is 4.90 Å². The average molecular weight is 191 g/mol. The van der Waals surface area contributed by atoms with Crippen LogP contribution in [0.5, 0.6) is 0 Å². The van der Waals surface area contributed by atoms with Gasteiger partial charge in [-0.2, -0.15) is 0 Å². The molecule has 2 heterocycles. The maximum atomic E-state index is 11.6. The summed E-state index contributed by atoms with van der Waals surface area (Å²) in [6, 6.07) is 0.409. The second kappa shape index (κ2) is 3.60. The van der Waals surface area contributed by atoms with Gasteiger partial charge in [0.15, 0.2) is 0 Å². The van der Waals surface area contributed by atoms with Crippen molar-refractivity contribution < 1.29 is 4.79 Å². The SMILES string of the molecule is C=CCC1=C(C)C2CCCC(=O)N2C1. The summed E-state index contributed by atoms with van der Waals surface area (Å²) in [6.45, 7) is 6.77. The Bertz CT molecular complexity index is 303. The lowest BCUT2D eigenvalue weighted by Gasteiger charge is -2.30. The van der Waals surface area contributed by atoms with E-state index < -0.39 is 0 Å². The number of hydrogen-bond donors (Lipinski definition) is 0. The van der Waals surface area contributed by atoms with E-state index in [4.69, 9.17) is 0 Å². The molecule has 1 amide bonds. The molecule has 0 aromatic heterocycles. The van der Waals surface area contributed by atoms with Crippen LogP contribution in [-0.2, 0) is 4.79 Å². The molecule has 2 heteroatoms. The molecule has 0 N–H and O–H groups in total. The molecule has 1 unspecified atom stereocenters. The maximum absolute atomic E-state index is 11.6. The first-order valence-electron chi connectivity index (χ1n) is 5.33. The molecule has 14 heavy (non-hydrogen) atoms. The Morgan fingerprint density at radius 1 is 1.64 bits per heavy atom. The topological polar surface area (TPSA) is 20.3 Å². The van der Waals surface area contributed by atoms with Crippen molar-refractivity contribution >= 4 is 5.91 Å². The van der Waals surface area contributed by atoms with Gasteiger partial charge in [-0.25, -0.2) is 0 Å². The largest absolute Gasteiger partial charge is 0.332 e. The molecular weight excluding hydrogens is 174 g/mol. The molecular formula is C12H17NO. The zero-order chi connectivity index (χ0) is 10.1. The van der Waals surface area contributed by atoms with Crippen LogP contribution in [0, 0.1) is 0 Å². The number of allylic oxidation sites excluding steroid dienone is 1. The first-order valence-corrected chi connectivity index (χ1v) is 5.33. The summed E-state index contributed by atoms with van der Waals surface area (Å²) in [7, 11) is 0. The van der Waals surface area contributed by atoms with E-state index in [1.807, 2.05) is 11.0 Å². The second-order valence-electron chi connectivity index (χ2n) is 4.21. The summed E-state index contributed by atoms with van der Waals surface area (Å²) in [4.78, 5) is 13.7. The van der Waals surface area contributed by atoms with Gasteiger partial charge in [0.25, 0.3) is 0 Å². The van der Waals surface area contributed by atoms with Crippen LogP contribution in [0.3, 0.4) is 0 Å². The first-order chi connectivity index (χ1) is 6.74. The maximum Gasteiger partial charge on any atom is 0.223 e. The molecule has 0 radical (unpaired) electrons. The normalized spacial score (nSPS) is 26.8. The van der Waals surface area contributed by atoms with Crippen LogP contribution < -0.4 is 0 Å². The number of rotatable bonds is 2. The Morgan fingerprint density at radius 3 is 3.07 bits per heavy atom. The van der Waals surface area contributed by atoms with Crippen LogP contribution >= 0.6 is 0 Å². The first kappa shape index (κ1) is 9.50. The van der Waals surface area contributed by atoms with Crippen molar-refractivity contribution in [2.24, 2.45) is 0 Å². The van der Waals surface area contributed by atoms with E-state index in [-0.39, 0.29) is 0 Å². The molecule has 2 aliphatic rings. The van der Waals surface area contributed by atoms with Crippen molar-refractivity contribution in [3.05, 3.63) is 23.8 Å². The Balaban J connectivity index is 2.19. The van der Waals surface area contributed by atoms with Crippen molar-refractivity contribution in [2.75, 3.05) is 6.54 Å². The van der Waals surface area contributed by atoms with Crippen molar-refractivity contribution in [1.29, 1.82) is 0 Å². The number of nitrogens with zero attached hydrogens (tertiary/aromatic N) is 1. The minimum atomic E-state index is 0.333. The lowest BCUT2D eigenvalue weighted by Crippen LogP contribution is -2.40. The van der Waals surface area contributed by atoms with Gasteiger partial charge in [0, 0.05) is 13.0 Å². The summed E-state index contributed by atoms with van der Waals surface area (Å²) in [6.07, 6.45) is 5.82. The van der Waals surface area contributed by atoms with Crippen molar-refractivity contribution in [2.45, 2.75) is 38.6 Å². The fourth-order valence-electron chi connectivity index (χ4n) is 2.53. The molecule has 2 aliphatic heterocycles. The lowest BCUT2D eigenvalue weighted by molar-refractivity contribution is -0.134. The summed E-state index contributed by atoms with van der Waals surface area (Å²) in [5, 5.41) is 0. The molecule has 2 rings (SSSR count). The Hall–Kier alpha value is -1.05. The molecule has 0 aromatic rings. The molecule has 2 nitrogen and oxygen atoms in total. The highest BCUT2D eigenvalue weighted by atomic mass is 16.2. The highest BCUT2D eigenvalue weighted by molar-refractivity contribution is 5.79. The van der Waals surface area contributed by atoms with E-state index >= 15 is 0 Å². The Labute approximate surface area is 85.3 Å². The summed E-state index contributed by atoms with van der Waals surface area (Å²) in [5.74, 6) is 0.333. The van der Waals surface area contributed by atoms with Gasteiger partial charge >= 0.3 is 0 Å². The van der Waals surface area contributed by atoms with Gasteiger partial charge in [-0.1, -0.05) is 6.08 Å².